The Kier molecular flexibility index (Phi) is 4.83. The van der Waals surface area contributed by atoms with Crippen LogP contribution in [0.1, 0.15) is 27.9 Å². The zero-order valence-electron chi connectivity index (χ0n) is 16.5. The molecule has 2 aromatic carbocycles. The molecule has 5 rings (SSSR count). The Morgan fingerprint density at radius 1 is 1.19 bits per heavy atom. The number of anilines is 1. The Bertz CT molecular complexity index is 1420. The van der Waals surface area contributed by atoms with E-state index in [9.17, 15) is 19.1 Å². The molecule has 3 heterocycles. The molecule has 1 amide bonds. The summed E-state index contributed by atoms with van der Waals surface area (Å²) in [6, 6.07) is 12.8. The summed E-state index contributed by atoms with van der Waals surface area (Å²) in [5.74, 6) is -1.99. The van der Waals surface area contributed by atoms with Gasteiger partial charge < -0.3 is 9.52 Å². The number of furan rings is 1. The van der Waals surface area contributed by atoms with Crippen LogP contribution in [0.2, 0.25) is 5.02 Å². The third-order valence-electron chi connectivity index (χ3n) is 5.15. The molecule has 1 N–H and O–H groups in total. The predicted octanol–water partition coefficient (Wildman–Crippen LogP) is 5.77. The fourth-order valence-electron chi connectivity index (χ4n) is 3.67. The largest absolute Gasteiger partial charge is 0.503 e. The van der Waals surface area contributed by atoms with Gasteiger partial charge in [0, 0.05) is 5.02 Å². The van der Waals surface area contributed by atoms with E-state index in [1.807, 2.05) is 0 Å². The van der Waals surface area contributed by atoms with Gasteiger partial charge in [0.05, 0.1) is 21.8 Å². The third kappa shape index (κ3) is 3.28. The summed E-state index contributed by atoms with van der Waals surface area (Å²) in [5.41, 5.74) is 0.913. The standard InChI is InChI=1S/C23H14ClFN2O4S/c1-11-2-9-16(31-11)20(28)18-19(12-3-5-13(24)6-4-12)27(22(30)21(18)29)23-26-15-8-7-14(25)10-17(15)32-23/h2-10,19,29H,1H3. The van der Waals surface area contributed by atoms with Crippen molar-refractivity contribution in [3.63, 3.8) is 0 Å². The molecule has 9 heteroatoms. The number of nitrogens with zero attached hydrogens (tertiary/aromatic N) is 2. The number of ketones is 1. The van der Waals surface area contributed by atoms with Gasteiger partial charge in [0.1, 0.15) is 11.6 Å². The molecule has 6 nitrogen and oxygen atoms in total. The molecule has 1 aliphatic heterocycles. The summed E-state index contributed by atoms with van der Waals surface area (Å²) in [4.78, 5) is 32.1. The van der Waals surface area contributed by atoms with Gasteiger partial charge in [-0.25, -0.2) is 9.37 Å². The quantitative estimate of drug-likeness (QED) is 0.384. The number of halogens is 2. The second-order valence-corrected chi connectivity index (χ2v) is 8.68. The Morgan fingerprint density at radius 3 is 2.62 bits per heavy atom. The van der Waals surface area contributed by atoms with Gasteiger partial charge in [0.15, 0.2) is 16.7 Å². The van der Waals surface area contributed by atoms with Crippen LogP contribution in [0.5, 0.6) is 0 Å². The lowest BCUT2D eigenvalue weighted by atomic mass is 9.95. The number of aliphatic hydroxyl groups excluding tert-OH is 1. The lowest BCUT2D eigenvalue weighted by Crippen LogP contribution is -2.30. The second kappa shape index (κ2) is 7.58. The normalized spacial score (nSPS) is 16.4. The van der Waals surface area contributed by atoms with E-state index < -0.39 is 29.3 Å². The third-order valence-corrected chi connectivity index (χ3v) is 6.42. The summed E-state index contributed by atoms with van der Waals surface area (Å²) >= 11 is 7.11. The van der Waals surface area contributed by atoms with Crippen LogP contribution < -0.4 is 4.90 Å². The Hall–Kier alpha value is -3.49. The van der Waals surface area contributed by atoms with E-state index in [0.29, 0.717) is 26.6 Å². The molecule has 2 aromatic heterocycles. The molecule has 32 heavy (non-hydrogen) atoms. The molecule has 1 atom stereocenters. The number of Topliss-reactive ketones (excluding diaryl/α,β-unsaturated/α-hetero) is 1. The smallest absolute Gasteiger partial charge is 0.296 e. The summed E-state index contributed by atoms with van der Waals surface area (Å²) in [7, 11) is 0. The van der Waals surface area contributed by atoms with E-state index in [4.69, 9.17) is 16.0 Å². The van der Waals surface area contributed by atoms with Crippen molar-refractivity contribution < 1.29 is 23.5 Å². The van der Waals surface area contributed by atoms with Gasteiger partial charge in [-0.2, -0.15) is 0 Å². The average molecular weight is 469 g/mol. The molecule has 0 saturated heterocycles. The van der Waals surface area contributed by atoms with Crippen molar-refractivity contribution in [3.05, 3.63) is 93.9 Å². The predicted molar refractivity (Wildman–Crippen MR) is 119 cm³/mol. The molecule has 0 spiro atoms. The SMILES string of the molecule is Cc1ccc(C(=O)C2=C(O)C(=O)N(c3nc4ccc(F)cc4s3)C2c2ccc(Cl)cc2)o1. The van der Waals surface area contributed by atoms with E-state index in [1.165, 1.54) is 29.2 Å². The first-order valence-corrected chi connectivity index (χ1v) is 10.7. The van der Waals surface area contributed by atoms with Crippen molar-refractivity contribution in [3.8, 4) is 0 Å². The molecule has 0 aliphatic carbocycles. The molecule has 160 valence electrons. The zero-order chi connectivity index (χ0) is 22.6. The van der Waals surface area contributed by atoms with Gasteiger partial charge in [-0.15, -0.1) is 0 Å². The Labute approximate surface area is 190 Å². The number of rotatable bonds is 4. The number of aromatic nitrogens is 1. The van der Waals surface area contributed by atoms with Crippen LogP contribution >= 0.6 is 22.9 Å². The molecule has 0 fully saturated rings. The maximum atomic E-state index is 13.7. The number of aliphatic hydroxyl groups is 1. The fourth-order valence-corrected chi connectivity index (χ4v) is 4.82. The van der Waals surface area contributed by atoms with Gasteiger partial charge in [0.2, 0.25) is 5.78 Å². The van der Waals surface area contributed by atoms with Crippen molar-refractivity contribution in [2.45, 2.75) is 13.0 Å². The molecular weight excluding hydrogens is 455 g/mol. The first-order valence-electron chi connectivity index (χ1n) is 9.53. The highest BCUT2D eigenvalue weighted by Gasteiger charge is 2.46. The number of hydrogen-bond acceptors (Lipinski definition) is 6. The Morgan fingerprint density at radius 2 is 1.94 bits per heavy atom. The summed E-state index contributed by atoms with van der Waals surface area (Å²) in [5, 5.41) is 11.4. The minimum absolute atomic E-state index is 0.00374. The van der Waals surface area contributed by atoms with E-state index in [2.05, 4.69) is 4.98 Å². The second-order valence-electron chi connectivity index (χ2n) is 7.24. The minimum atomic E-state index is -0.969. The number of aryl methyl sites for hydroxylation is 1. The van der Waals surface area contributed by atoms with E-state index >= 15 is 0 Å². The number of hydrogen-bond donors (Lipinski definition) is 1. The maximum absolute atomic E-state index is 13.7. The number of thiazole rings is 1. The lowest BCUT2D eigenvalue weighted by molar-refractivity contribution is -0.117. The minimum Gasteiger partial charge on any atom is -0.503 e. The van der Waals surface area contributed by atoms with Crippen LogP contribution in [0.15, 0.2) is 70.3 Å². The van der Waals surface area contributed by atoms with Crippen LogP contribution in [0.3, 0.4) is 0 Å². The topological polar surface area (TPSA) is 83.6 Å². The molecule has 0 bridgehead atoms. The molecule has 1 aliphatic rings. The van der Waals surface area contributed by atoms with Gasteiger partial charge in [-0.05, 0) is 55.0 Å². The van der Waals surface area contributed by atoms with Gasteiger partial charge in [-0.3, -0.25) is 14.5 Å². The molecule has 1 unspecified atom stereocenters. The van der Waals surface area contributed by atoms with E-state index in [1.54, 1.807) is 37.3 Å². The molecular formula is C23H14ClFN2O4S. The zero-order valence-corrected chi connectivity index (χ0v) is 18.1. The molecule has 0 saturated carbocycles. The summed E-state index contributed by atoms with van der Waals surface area (Å²) in [6.07, 6.45) is 0. The van der Waals surface area contributed by atoms with Crippen LogP contribution in [-0.2, 0) is 4.79 Å². The fraction of sp³-hybridized carbons (Fsp3) is 0.0870. The van der Waals surface area contributed by atoms with Crippen LogP contribution in [0.4, 0.5) is 9.52 Å². The van der Waals surface area contributed by atoms with E-state index in [-0.39, 0.29) is 16.5 Å². The van der Waals surface area contributed by atoms with Crippen LogP contribution in [0.25, 0.3) is 10.2 Å². The van der Waals surface area contributed by atoms with Crippen molar-refractivity contribution in [1.29, 1.82) is 0 Å². The first kappa shape index (κ1) is 20.4. The lowest BCUT2D eigenvalue weighted by Gasteiger charge is -2.24. The first-order chi connectivity index (χ1) is 15.3. The summed E-state index contributed by atoms with van der Waals surface area (Å²) in [6.45, 7) is 1.69. The van der Waals surface area contributed by atoms with Crippen molar-refractivity contribution in [2.75, 3.05) is 4.90 Å². The van der Waals surface area contributed by atoms with Crippen LogP contribution in [-0.4, -0.2) is 21.8 Å². The van der Waals surface area contributed by atoms with Crippen molar-refractivity contribution in [1.82, 2.24) is 4.98 Å². The van der Waals surface area contributed by atoms with Gasteiger partial charge >= 0.3 is 0 Å². The van der Waals surface area contributed by atoms with Crippen LogP contribution in [0, 0.1) is 12.7 Å². The summed E-state index contributed by atoms with van der Waals surface area (Å²) < 4.78 is 19.7. The monoisotopic (exact) mass is 468 g/mol. The van der Waals surface area contributed by atoms with Crippen molar-refractivity contribution >= 4 is 50.0 Å². The highest BCUT2D eigenvalue weighted by atomic mass is 35.5. The number of benzene rings is 2. The maximum Gasteiger partial charge on any atom is 0.296 e. The average Bonchev–Trinajstić information content (AvgIpc) is 3.44. The molecule has 0 radical (unpaired) electrons. The highest BCUT2D eigenvalue weighted by Crippen LogP contribution is 2.44. The van der Waals surface area contributed by atoms with E-state index in [0.717, 1.165) is 11.3 Å². The highest BCUT2D eigenvalue weighted by molar-refractivity contribution is 7.22. The van der Waals surface area contributed by atoms with Crippen molar-refractivity contribution in [2.24, 2.45) is 0 Å². The van der Waals surface area contributed by atoms with Gasteiger partial charge in [0.25, 0.3) is 5.91 Å². The number of fused-ring (bicyclic) bond motifs is 1. The number of carbonyl (C=O) groups excluding carboxylic acids is 2. The Balaban J connectivity index is 1.68. The number of carbonyl (C=O) groups is 2. The van der Waals surface area contributed by atoms with Gasteiger partial charge in [-0.1, -0.05) is 35.1 Å². The number of amides is 1. The molecule has 4 aromatic rings.